The molecular formula is C18H15NO5. The number of phenols is 1. The minimum Gasteiger partial charge on any atom is -0.508 e. The number of carbonyl (C=O) groups excluding carboxylic acids is 1. The summed E-state index contributed by atoms with van der Waals surface area (Å²) in [6, 6.07) is 13.4. The second kappa shape index (κ2) is 6.08. The topological polar surface area (TPSA) is 88.8 Å². The Hall–Kier alpha value is -3.28. The van der Waals surface area contributed by atoms with Gasteiger partial charge in [-0.2, -0.15) is 0 Å². The molecule has 0 spiro atoms. The summed E-state index contributed by atoms with van der Waals surface area (Å²) in [6.45, 7) is 1.82. The molecule has 0 aliphatic heterocycles. The fourth-order valence-electron chi connectivity index (χ4n) is 2.59. The minimum atomic E-state index is -1.20. The third-order valence-electron chi connectivity index (χ3n) is 3.67. The zero-order valence-corrected chi connectivity index (χ0v) is 12.9. The lowest BCUT2D eigenvalue weighted by Crippen LogP contribution is -2.18. The van der Waals surface area contributed by atoms with Gasteiger partial charge in [0.05, 0.1) is 12.1 Å². The van der Waals surface area contributed by atoms with Gasteiger partial charge in [-0.15, -0.1) is 0 Å². The van der Waals surface area contributed by atoms with E-state index in [2.05, 4.69) is 0 Å². The monoisotopic (exact) mass is 325 g/mol. The highest BCUT2D eigenvalue weighted by Crippen LogP contribution is 2.28. The van der Waals surface area contributed by atoms with Gasteiger partial charge >= 0.3 is 12.1 Å². The Kier molecular flexibility index (Phi) is 3.95. The maximum absolute atomic E-state index is 12.1. The van der Waals surface area contributed by atoms with Gasteiger partial charge in [-0.25, -0.2) is 14.2 Å². The number of rotatable bonds is 3. The van der Waals surface area contributed by atoms with Crippen molar-refractivity contribution >= 4 is 23.0 Å². The fourth-order valence-corrected chi connectivity index (χ4v) is 2.59. The average Bonchev–Trinajstić information content (AvgIpc) is 2.94. The summed E-state index contributed by atoms with van der Waals surface area (Å²) in [5.74, 6) is -1.04. The Morgan fingerprint density at radius 2 is 1.71 bits per heavy atom. The summed E-state index contributed by atoms with van der Waals surface area (Å²) < 4.78 is 6.00. The van der Waals surface area contributed by atoms with Gasteiger partial charge in [0.2, 0.25) is 0 Å². The van der Waals surface area contributed by atoms with Crippen LogP contribution in [0.25, 0.3) is 22.0 Å². The van der Waals surface area contributed by atoms with Gasteiger partial charge in [-0.1, -0.05) is 18.2 Å². The molecule has 0 unspecified atom stereocenters. The van der Waals surface area contributed by atoms with Crippen molar-refractivity contribution < 1.29 is 24.5 Å². The Bertz CT molecular complexity index is 924. The highest BCUT2D eigenvalue weighted by Gasteiger charge is 2.20. The zero-order chi connectivity index (χ0) is 17.3. The Labute approximate surface area is 137 Å². The van der Waals surface area contributed by atoms with Crippen LogP contribution in [0.3, 0.4) is 0 Å². The Morgan fingerprint density at radius 1 is 1.04 bits per heavy atom. The molecule has 0 saturated heterocycles. The molecule has 6 nitrogen and oxygen atoms in total. The van der Waals surface area contributed by atoms with Crippen LogP contribution in [0.4, 0.5) is 4.79 Å². The smallest absolute Gasteiger partial charge is 0.419 e. The molecule has 1 aromatic heterocycles. The highest BCUT2D eigenvalue weighted by molar-refractivity contribution is 6.01. The quantitative estimate of drug-likeness (QED) is 0.766. The Balaban J connectivity index is 2.15. The average molecular weight is 325 g/mol. The van der Waals surface area contributed by atoms with E-state index < -0.39 is 12.1 Å². The molecule has 0 bridgehead atoms. The number of aromatic hydroxyl groups is 1. The number of fused-ring (bicyclic) bond motifs is 1. The van der Waals surface area contributed by atoms with E-state index in [1.165, 1.54) is 6.07 Å². The first kappa shape index (κ1) is 15.6. The highest BCUT2D eigenvalue weighted by atomic mass is 16.5. The van der Waals surface area contributed by atoms with Gasteiger partial charge in [-0.3, -0.25) is 0 Å². The summed E-state index contributed by atoms with van der Waals surface area (Å²) in [4.78, 5) is 23.5. The number of phenolic OH excluding ortho intramolecular Hbond substituents is 1. The predicted molar refractivity (Wildman–Crippen MR) is 88.4 cm³/mol. The molecule has 122 valence electrons. The number of carboxylic acid groups (broad SMARTS) is 1. The van der Waals surface area contributed by atoms with E-state index in [4.69, 9.17) is 4.74 Å². The minimum absolute atomic E-state index is 0.147. The standard InChI is InChI=1S/C18H15NO5/c1-2-24-18(23)19-15-8-5-12(11-3-6-14(20)7-4-11)9-13(15)10-16(19)17(21)22/h3-10,20H,2H2,1H3,(H,21,22). The van der Waals surface area contributed by atoms with E-state index in [0.717, 1.165) is 15.7 Å². The molecule has 24 heavy (non-hydrogen) atoms. The SMILES string of the molecule is CCOC(=O)n1c(C(=O)O)cc2cc(-c3ccc(O)cc3)ccc21. The van der Waals surface area contributed by atoms with Crippen molar-refractivity contribution in [3.05, 3.63) is 54.2 Å². The van der Waals surface area contributed by atoms with Crippen molar-refractivity contribution in [3.63, 3.8) is 0 Å². The molecule has 0 fully saturated rings. The third kappa shape index (κ3) is 2.69. The molecule has 2 N–H and O–H groups in total. The fraction of sp³-hybridized carbons (Fsp3) is 0.111. The number of hydrogen-bond acceptors (Lipinski definition) is 4. The van der Waals surface area contributed by atoms with E-state index in [1.807, 2.05) is 0 Å². The number of aromatic carboxylic acids is 1. The lowest BCUT2D eigenvalue weighted by atomic mass is 10.0. The molecule has 0 aliphatic rings. The van der Waals surface area contributed by atoms with Crippen LogP contribution in [0.5, 0.6) is 5.75 Å². The Morgan fingerprint density at radius 3 is 2.33 bits per heavy atom. The number of benzene rings is 2. The molecule has 0 radical (unpaired) electrons. The van der Waals surface area contributed by atoms with Crippen molar-refractivity contribution in [2.75, 3.05) is 6.61 Å². The van der Waals surface area contributed by atoms with Crippen LogP contribution in [-0.4, -0.2) is 33.4 Å². The molecule has 6 heteroatoms. The normalized spacial score (nSPS) is 10.7. The van der Waals surface area contributed by atoms with Crippen molar-refractivity contribution in [2.45, 2.75) is 6.92 Å². The second-order valence-electron chi connectivity index (χ2n) is 5.19. The van der Waals surface area contributed by atoms with Crippen molar-refractivity contribution in [3.8, 4) is 16.9 Å². The molecule has 0 amide bonds. The van der Waals surface area contributed by atoms with Gasteiger partial charge in [0.25, 0.3) is 0 Å². The third-order valence-corrected chi connectivity index (χ3v) is 3.67. The molecule has 3 rings (SSSR count). The summed E-state index contributed by atoms with van der Waals surface area (Å²) >= 11 is 0. The van der Waals surface area contributed by atoms with E-state index in [-0.39, 0.29) is 18.1 Å². The van der Waals surface area contributed by atoms with Crippen LogP contribution in [0.15, 0.2) is 48.5 Å². The summed E-state index contributed by atoms with van der Waals surface area (Å²) in [5, 5.41) is 19.3. The van der Waals surface area contributed by atoms with Crippen LogP contribution < -0.4 is 0 Å². The van der Waals surface area contributed by atoms with Gasteiger partial charge in [0.1, 0.15) is 11.4 Å². The molecule has 0 atom stereocenters. The maximum atomic E-state index is 12.1. The summed E-state index contributed by atoms with van der Waals surface area (Å²) in [7, 11) is 0. The number of ether oxygens (including phenoxy) is 1. The first-order valence-electron chi connectivity index (χ1n) is 7.36. The molecule has 2 aromatic carbocycles. The van der Waals surface area contributed by atoms with Crippen LogP contribution in [-0.2, 0) is 4.74 Å². The van der Waals surface area contributed by atoms with E-state index in [0.29, 0.717) is 10.9 Å². The molecule has 0 aliphatic carbocycles. The second-order valence-corrected chi connectivity index (χ2v) is 5.19. The lowest BCUT2D eigenvalue weighted by Gasteiger charge is -2.07. The lowest BCUT2D eigenvalue weighted by molar-refractivity contribution is 0.0682. The number of carbonyl (C=O) groups is 2. The summed E-state index contributed by atoms with van der Waals surface area (Å²) in [6.07, 6.45) is -0.720. The number of nitrogens with zero attached hydrogens (tertiary/aromatic N) is 1. The molecule has 3 aromatic rings. The van der Waals surface area contributed by atoms with E-state index in [9.17, 15) is 19.8 Å². The van der Waals surface area contributed by atoms with E-state index in [1.54, 1.807) is 49.4 Å². The van der Waals surface area contributed by atoms with E-state index >= 15 is 0 Å². The number of carboxylic acids is 1. The van der Waals surface area contributed by atoms with Crippen LogP contribution in [0.1, 0.15) is 17.4 Å². The predicted octanol–water partition coefficient (Wildman–Crippen LogP) is 3.72. The number of hydrogen-bond donors (Lipinski definition) is 2. The maximum Gasteiger partial charge on any atom is 0.419 e. The number of aromatic nitrogens is 1. The van der Waals surface area contributed by atoms with Gasteiger partial charge in [0.15, 0.2) is 0 Å². The van der Waals surface area contributed by atoms with Crippen LogP contribution in [0, 0.1) is 0 Å². The van der Waals surface area contributed by atoms with Crippen molar-refractivity contribution in [1.82, 2.24) is 4.57 Å². The molecular weight excluding hydrogens is 310 g/mol. The summed E-state index contributed by atoms with van der Waals surface area (Å²) in [5.41, 5.74) is 2.04. The van der Waals surface area contributed by atoms with Crippen LogP contribution in [0.2, 0.25) is 0 Å². The molecule has 0 saturated carbocycles. The zero-order valence-electron chi connectivity index (χ0n) is 12.9. The van der Waals surface area contributed by atoms with Crippen molar-refractivity contribution in [1.29, 1.82) is 0 Å². The first-order chi connectivity index (χ1) is 11.5. The van der Waals surface area contributed by atoms with Gasteiger partial charge in [0, 0.05) is 5.39 Å². The van der Waals surface area contributed by atoms with Gasteiger partial charge in [-0.05, 0) is 48.4 Å². The van der Waals surface area contributed by atoms with Crippen molar-refractivity contribution in [2.24, 2.45) is 0 Å². The molecule has 1 heterocycles. The van der Waals surface area contributed by atoms with Gasteiger partial charge < -0.3 is 14.9 Å². The van der Waals surface area contributed by atoms with Crippen LogP contribution >= 0.6 is 0 Å². The largest absolute Gasteiger partial charge is 0.508 e. The first-order valence-corrected chi connectivity index (χ1v) is 7.36.